The van der Waals surface area contributed by atoms with Crippen molar-refractivity contribution in [2.75, 3.05) is 44.1 Å². The van der Waals surface area contributed by atoms with E-state index in [1.807, 2.05) is 39.8 Å². The van der Waals surface area contributed by atoms with Crippen molar-refractivity contribution in [1.29, 1.82) is 0 Å². The molecule has 8 unspecified atom stereocenters. The van der Waals surface area contributed by atoms with Gasteiger partial charge in [0.15, 0.2) is 17.5 Å². The summed E-state index contributed by atoms with van der Waals surface area (Å²) in [5, 5.41) is 34.2. The molecule has 1 amide bonds. The van der Waals surface area contributed by atoms with E-state index in [2.05, 4.69) is 25.7 Å². The molecular formula is C48H69Cl2N7O11S. The van der Waals surface area contributed by atoms with Crippen LogP contribution in [-0.4, -0.2) is 151 Å². The number of ketones is 1. The summed E-state index contributed by atoms with van der Waals surface area (Å²) in [4.78, 5) is 67.7. The zero-order valence-electron chi connectivity index (χ0n) is 41.5. The standard InChI is InChI=1S/C48H69Cl2N7O11S/c1-13-33-48(9)34(40(45(63)68-48)69-16-15-52-35-28-20-54-57(14-2)42(28)53-19-29(35)43(61)55-36-30(49)21-51-22-31(36)50)25(5)37(58)23(3)18-47(8,64-12)41(26(6)38(59)27(7)44(62)66-33)67-46-39(60)32(56(10)11)17-24(4)65-46/h19-27,32-34,38-41,46,59-60H,13-18H2,1-12H3,(H,52,53)(H,51,55,61)/t23-,24?,25?,26+,27?,32?,33-,34?,38+,39?,40?,41-,46+,47?,48-/m1/s1. The van der Waals surface area contributed by atoms with Crippen LogP contribution >= 0.6 is 35.0 Å². The molecule has 382 valence electrons. The smallest absolute Gasteiger partial charge is 0.320 e. The predicted octanol–water partition coefficient (Wildman–Crippen LogP) is 6.27. The number of amides is 1. The number of nitrogens with zero attached hydrogens (tertiary/aromatic N) is 5. The van der Waals surface area contributed by atoms with Gasteiger partial charge in [0.1, 0.15) is 23.2 Å². The number of esters is 2. The van der Waals surface area contributed by atoms with Gasteiger partial charge in [-0.2, -0.15) is 5.10 Å². The summed E-state index contributed by atoms with van der Waals surface area (Å²) in [6, 6.07) is -0.292. The predicted molar refractivity (Wildman–Crippen MR) is 263 cm³/mol. The van der Waals surface area contributed by atoms with E-state index in [4.69, 9.17) is 46.9 Å². The first-order chi connectivity index (χ1) is 32.5. The summed E-state index contributed by atoms with van der Waals surface area (Å²) in [6.45, 7) is 16.8. The van der Waals surface area contributed by atoms with Gasteiger partial charge in [-0.15, -0.1) is 11.8 Å². The quantitative estimate of drug-likeness (QED) is 0.109. The lowest BCUT2D eigenvalue weighted by Crippen LogP contribution is -2.60. The van der Waals surface area contributed by atoms with Gasteiger partial charge in [-0.1, -0.05) is 50.9 Å². The summed E-state index contributed by atoms with van der Waals surface area (Å²) < 4.78 is 33.4. The van der Waals surface area contributed by atoms with Crippen LogP contribution in [0.5, 0.6) is 0 Å². The third-order valence-electron chi connectivity index (χ3n) is 14.5. The average molecular weight is 1020 g/mol. The zero-order chi connectivity index (χ0) is 50.9. The molecule has 18 nitrogen and oxygen atoms in total. The number of halogens is 2. The fourth-order valence-corrected chi connectivity index (χ4v) is 12.4. The van der Waals surface area contributed by atoms with Crippen LogP contribution < -0.4 is 10.6 Å². The molecule has 3 aliphatic rings. The number of pyridine rings is 2. The Kier molecular flexibility index (Phi) is 17.8. The second kappa shape index (κ2) is 22.4. The number of nitrogens with one attached hydrogen (secondary N) is 2. The van der Waals surface area contributed by atoms with Crippen molar-refractivity contribution < 1.29 is 53.1 Å². The van der Waals surface area contributed by atoms with Gasteiger partial charge in [-0.05, 0) is 68.0 Å². The lowest BCUT2D eigenvalue weighted by atomic mass is 9.70. The van der Waals surface area contributed by atoms with E-state index in [0.717, 1.165) is 0 Å². The van der Waals surface area contributed by atoms with Crippen LogP contribution in [0.1, 0.15) is 91.9 Å². The number of aryl methyl sites for hydroxylation is 1. The number of aliphatic hydroxyl groups is 2. The molecule has 15 atom stereocenters. The Balaban J connectivity index is 1.30. The van der Waals surface area contributed by atoms with Crippen molar-refractivity contribution in [3.05, 3.63) is 40.4 Å². The Hall–Kier alpha value is -3.66. The maximum atomic E-state index is 15.0. The van der Waals surface area contributed by atoms with Crippen molar-refractivity contribution in [2.24, 2.45) is 29.6 Å². The molecule has 21 heteroatoms. The Morgan fingerprint density at radius 3 is 2.29 bits per heavy atom. The second-order valence-corrected chi connectivity index (χ2v) is 21.5. The minimum absolute atomic E-state index is 0.115. The number of hydrogen-bond donors (Lipinski definition) is 4. The van der Waals surface area contributed by atoms with Gasteiger partial charge in [0, 0.05) is 74.3 Å². The summed E-state index contributed by atoms with van der Waals surface area (Å²) in [7, 11) is 5.24. The molecule has 0 spiro atoms. The van der Waals surface area contributed by atoms with E-state index in [1.165, 1.54) is 37.5 Å². The number of fused-ring (bicyclic) bond motifs is 2. The third-order valence-corrected chi connectivity index (χ3v) is 16.4. The summed E-state index contributed by atoms with van der Waals surface area (Å²) >= 11 is 14.0. The molecule has 6 rings (SSSR count). The lowest BCUT2D eigenvalue weighted by Gasteiger charge is -2.48. The Morgan fingerprint density at radius 1 is 0.986 bits per heavy atom. The van der Waals surface area contributed by atoms with Gasteiger partial charge in [0.25, 0.3) is 5.91 Å². The molecule has 3 fully saturated rings. The van der Waals surface area contributed by atoms with Gasteiger partial charge in [-0.3, -0.25) is 24.2 Å². The molecular weight excluding hydrogens is 954 g/mol. The fraction of sp³-hybridized carbons (Fsp3) is 0.688. The first-order valence-electron chi connectivity index (χ1n) is 23.7. The summed E-state index contributed by atoms with van der Waals surface area (Å²) in [6.07, 6.45) is 0.931. The number of anilines is 2. The SMILES string of the molecule is CC[C@H]1OC(=O)C(C)[C@@H](O)[C@H](C)[C@@H](O[C@@H]2OC(C)CC(N(C)C)C2O)C(C)(OC)C[C@@H](C)C(=O)C(C)C2C(SCCNc3c(C(=O)Nc4c(Cl)cncc4Cl)cnc4c3cnn4CC)C(=O)O[C@@]21C. The number of carbonyl (C=O) groups excluding carboxylic acids is 4. The number of carbonyl (C=O) groups is 4. The summed E-state index contributed by atoms with van der Waals surface area (Å²) in [5.41, 5.74) is -1.35. The molecule has 0 saturated carbocycles. The van der Waals surface area contributed by atoms with Crippen LogP contribution in [0.4, 0.5) is 11.4 Å². The zero-order valence-corrected chi connectivity index (χ0v) is 43.9. The molecule has 0 radical (unpaired) electrons. The molecule has 3 aliphatic heterocycles. The number of ether oxygens (including phenoxy) is 5. The highest BCUT2D eigenvalue weighted by Gasteiger charge is 2.61. The number of rotatable bonds is 13. The van der Waals surface area contributed by atoms with Gasteiger partial charge in [0.05, 0.1) is 68.4 Å². The molecule has 3 aromatic heterocycles. The number of aromatic nitrogens is 4. The first-order valence-corrected chi connectivity index (χ1v) is 25.5. The highest BCUT2D eigenvalue weighted by molar-refractivity contribution is 8.00. The van der Waals surface area contributed by atoms with Crippen molar-refractivity contribution in [3.8, 4) is 0 Å². The van der Waals surface area contributed by atoms with Gasteiger partial charge >= 0.3 is 11.9 Å². The lowest BCUT2D eigenvalue weighted by molar-refractivity contribution is -0.301. The third kappa shape index (κ3) is 11.1. The van der Waals surface area contributed by atoms with Crippen LogP contribution in [-0.2, 0) is 44.6 Å². The topological polar surface area (TPSA) is 226 Å². The number of likely N-dealkylation sites (N-methyl/N-ethyl adjacent to an activating group) is 1. The average Bonchev–Trinajstić information content (AvgIpc) is 3.85. The van der Waals surface area contributed by atoms with E-state index < -0.39 is 94.6 Å². The van der Waals surface area contributed by atoms with E-state index >= 15 is 0 Å². The van der Waals surface area contributed by atoms with E-state index in [-0.39, 0.29) is 58.6 Å². The molecule has 4 N–H and O–H groups in total. The molecule has 3 aromatic rings. The highest BCUT2D eigenvalue weighted by Crippen LogP contribution is 2.49. The van der Waals surface area contributed by atoms with Crippen LogP contribution in [0.3, 0.4) is 0 Å². The molecule has 69 heavy (non-hydrogen) atoms. The maximum absolute atomic E-state index is 15.0. The summed E-state index contributed by atoms with van der Waals surface area (Å²) in [5.74, 6) is -5.85. The van der Waals surface area contributed by atoms with Gasteiger partial charge in [-0.25, -0.2) is 9.67 Å². The van der Waals surface area contributed by atoms with Crippen LogP contribution in [0.2, 0.25) is 10.0 Å². The maximum Gasteiger partial charge on any atom is 0.320 e. The van der Waals surface area contributed by atoms with Crippen molar-refractivity contribution in [3.63, 3.8) is 0 Å². The van der Waals surface area contributed by atoms with Gasteiger partial charge in [0.2, 0.25) is 0 Å². The Morgan fingerprint density at radius 2 is 1.67 bits per heavy atom. The van der Waals surface area contributed by atoms with Gasteiger partial charge < -0.3 is 49.4 Å². The number of thioether (sulfide) groups is 1. The Labute approximate surface area is 418 Å². The molecule has 0 aliphatic carbocycles. The van der Waals surface area contributed by atoms with Crippen molar-refractivity contribution in [1.82, 2.24) is 24.6 Å². The number of methoxy groups -OCH3 is 1. The molecule has 3 saturated heterocycles. The minimum Gasteiger partial charge on any atom is -0.458 e. The minimum atomic E-state index is -1.45. The van der Waals surface area contributed by atoms with Crippen molar-refractivity contribution in [2.45, 2.75) is 147 Å². The highest BCUT2D eigenvalue weighted by atomic mass is 35.5. The molecule has 6 heterocycles. The number of Topliss-reactive ketones (excluding diaryl/α,β-unsaturated/α-hetero) is 1. The number of aliphatic hydroxyl groups excluding tert-OH is 2. The Bertz CT molecular complexity index is 2320. The van der Waals surface area contributed by atoms with E-state index in [9.17, 15) is 29.4 Å². The number of hydrogen-bond acceptors (Lipinski definition) is 17. The largest absolute Gasteiger partial charge is 0.458 e. The van der Waals surface area contributed by atoms with E-state index in [0.29, 0.717) is 35.4 Å². The second-order valence-electron chi connectivity index (χ2n) is 19.4. The van der Waals surface area contributed by atoms with Crippen LogP contribution in [0.25, 0.3) is 11.0 Å². The van der Waals surface area contributed by atoms with Crippen molar-refractivity contribution >= 4 is 81.0 Å². The first kappa shape index (κ1) is 54.7. The fourth-order valence-electron chi connectivity index (χ4n) is 10.6. The number of cyclic esters (lactones) is 1. The van der Waals surface area contributed by atoms with Crippen LogP contribution in [0, 0.1) is 29.6 Å². The van der Waals surface area contributed by atoms with E-state index in [1.54, 1.807) is 52.4 Å². The monoisotopic (exact) mass is 1020 g/mol. The molecule has 0 bridgehead atoms. The molecule has 0 aromatic carbocycles. The normalized spacial score (nSPS) is 34.8. The van der Waals surface area contributed by atoms with Crippen LogP contribution in [0.15, 0.2) is 24.8 Å².